The summed E-state index contributed by atoms with van der Waals surface area (Å²) >= 11 is 0. The molecule has 2 atom stereocenters. The van der Waals surface area contributed by atoms with Crippen molar-refractivity contribution in [3.05, 3.63) is 109 Å². The summed E-state index contributed by atoms with van der Waals surface area (Å²) in [5.74, 6) is -3.12. The molecular weight excluding hydrogens is 827 g/mol. The van der Waals surface area contributed by atoms with Crippen molar-refractivity contribution in [2.45, 2.75) is 70.0 Å². The van der Waals surface area contributed by atoms with Gasteiger partial charge in [0.05, 0.1) is 44.2 Å². The highest BCUT2D eigenvalue weighted by Crippen LogP contribution is 2.28. The van der Waals surface area contributed by atoms with Crippen LogP contribution in [0.25, 0.3) is 21.5 Å². The average Bonchev–Trinajstić information content (AvgIpc) is 3.52. The molecule has 0 unspecified atom stereocenters. The van der Waals surface area contributed by atoms with Gasteiger partial charge in [0.15, 0.2) is 0 Å². The number of methoxy groups -OCH3 is 1. The van der Waals surface area contributed by atoms with Crippen molar-refractivity contribution in [2.24, 2.45) is 0 Å². The summed E-state index contributed by atoms with van der Waals surface area (Å²) in [6, 6.07) is 20.5. The van der Waals surface area contributed by atoms with Crippen LogP contribution in [0.2, 0.25) is 0 Å². The van der Waals surface area contributed by atoms with Gasteiger partial charge in [-0.25, -0.2) is 19.2 Å². The third-order valence-electron chi connectivity index (χ3n) is 10.2. The van der Waals surface area contributed by atoms with Crippen molar-refractivity contribution in [3.8, 4) is 11.5 Å². The molecule has 4 aromatic rings. The lowest BCUT2D eigenvalue weighted by Gasteiger charge is -2.17. The molecule has 0 aliphatic carbocycles. The van der Waals surface area contributed by atoms with Crippen molar-refractivity contribution in [2.75, 3.05) is 53.5 Å². The molecule has 64 heavy (non-hydrogen) atoms. The van der Waals surface area contributed by atoms with E-state index < -0.39 is 54.6 Å². The van der Waals surface area contributed by atoms with Gasteiger partial charge in [-0.05, 0) is 128 Å². The minimum atomic E-state index is -1.77. The van der Waals surface area contributed by atoms with E-state index in [1.165, 1.54) is 19.2 Å². The molecule has 1 fully saturated rings. The van der Waals surface area contributed by atoms with Crippen molar-refractivity contribution in [3.63, 3.8) is 0 Å². The van der Waals surface area contributed by atoms with Crippen molar-refractivity contribution in [1.82, 2.24) is 4.90 Å². The van der Waals surface area contributed by atoms with Crippen molar-refractivity contribution in [1.29, 1.82) is 0 Å². The Morgan fingerprint density at radius 2 is 0.953 bits per heavy atom. The second-order valence-corrected chi connectivity index (χ2v) is 14.9. The molecule has 2 amide bonds. The summed E-state index contributed by atoms with van der Waals surface area (Å²) in [7, 11) is 1.54. The maximum absolute atomic E-state index is 13.6. The maximum Gasteiger partial charge on any atom is 0.339 e. The standard InChI is InChI=1S/C49H55NO14/c1-4-42(51)61-27-12-8-6-10-25-59-40-21-19-34-29-38(17-15-36(34)31-40)48(55)63-44-45(47(54)50(46(44)53)33-58-24-14-23-57-3)64-49(56)39-18-16-37-32-41(22-20-35(37)30-39)60-26-11-7-9-13-28-62-43(52)5-2/h4-5,15-22,29-32,44-45H,1-2,6-14,23-28,33H2,3H3/t44-,45-/m1/s1. The second kappa shape index (κ2) is 25.5. The number of fused-ring (bicyclic) bond motifs is 2. The van der Waals surface area contributed by atoms with Crippen LogP contribution in [0.1, 0.15) is 78.5 Å². The Bertz CT molecular complexity index is 2120. The number of carbonyl (C=O) groups is 6. The molecule has 0 saturated carbocycles. The molecule has 0 aromatic heterocycles. The third-order valence-corrected chi connectivity index (χ3v) is 10.2. The van der Waals surface area contributed by atoms with Gasteiger partial charge in [-0.3, -0.25) is 14.5 Å². The van der Waals surface area contributed by atoms with Crippen LogP contribution < -0.4 is 9.47 Å². The first kappa shape index (κ1) is 48.5. The number of ether oxygens (including phenoxy) is 8. The van der Waals surface area contributed by atoms with E-state index in [4.69, 9.17) is 37.9 Å². The minimum absolute atomic E-state index is 0.112. The van der Waals surface area contributed by atoms with Gasteiger partial charge in [-0.2, -0.15) is 0 Å². The molecule has 340 valence electrons. The number of hydrogen-bond donors (Lipinski definition) is 0. The van der Waals surface area contributed by atoms with Crippen LogP contribution in [0.3, 0.4) is 0 Å². The lowest BCUT2D eigenvalue weighted by molar-refractivity contribution is -0.148. The van der Waals surface area contributed by atoms with Crippen LogP contribution in [0.4, 0.5) is 0 Å². The first-order valence-electron chi connectivity index (χ1n) is 21.4. The molecule has 1 saturated heterocycles. The number of carbonyl (C=O) groups excluding carboxylic acids is 6. The predicted molar refractivity (Wildman–Crippen MR) is 236 cm³/mol. The van der Waals surface area contributed by atoms with Crippen molar-refractivity contribution >= 4 is 57.2 Å². The summed E-state index contributed by atoms with van der Waals surface area (Å²) < 4.78 is 43.7. The summed E-state index contributed by atoms with van der Waals surface area (Å²) in [4.78, 5) is 77.5. The maximum atomic E-state index is 13.6. The SMILES string of the molecule is C=CC(=O)OCCCCCCOc1ccc2cc(C(=O)O[C@H]3C(=O)N(COCCCOC)C(=O)[C@@H]3OC(=O)c3ccc4cc(OCCCCCCOC(=O)C=C)ccc4c3)ccc2c1. The monoisotopic (exact) mass is 881 g/mol. The van der Waals surface area contributed by atoms with Gasteiger partial charge in [-0.1, -0.05) is 37.4 Å². The van der Waals surface area contributed by atoms with E-state index in [2.05, 4.69) is 13.2 Å². The van der Waals surface area contributed by atoms with Gasteiger partial charge in [-0.15, -0.1) is 0 Å². The highest BCUT2D eigenvalue weighted by atomic mass is 16.6. The zero-order valence-electron chi connectivity index (χ0n) is 36.1. The normalized spacial score (nSPS) is 14.6. The van der Waals surface area contributed by atoms with Gasteiger partial charge in [0.1, 0.15) is 18.2 Å². The largest absolute Gasteiger partial charge is 0.494 e. The molecule has 15 nitrogen and oxygen atoms in total. The lowest BCUT2D eigenvalue weighted by Crippen LogP contribution is -2.37. The highest BCUT2D eigenvalue weighted by molar-refractivity contribution is 6.10. The molecule has 5 rings (SSSR count). The smallest absolute Gasteiger partial charge is 0.339 e. The Hall–Kier alpha value is -6.58. The number of unbranched alkanes of at least 4 members (excludes halogenated alkanes) is 6. The molecule has 0 bridgehead atoms. The number of amides is 2. The van der Waals surface area contributed by atoms with E-state index in [-0.39, 0.29) is 17.7 Å². The number of imide groups is 1. The molecular formula is C49H55NO14. The van der Waals surface area contributed by atoms with Crippen LogP contribution in [0, 0.1) is 0 Å². The number of hydrogen-bond acceptors (Lipinski definition) is 14. The number of esters is 4. The molecule has 1 aliphatic rings. The number of likely N-dealkylation sites (tertiary alicyclic amines) is 1. The van der Waals surface area contributed by atoms with Crippen molar-refractivity contribution < 1.29 is 66.7 Å². The van der Waals surface area contributed by atoms with Gasteiger partial charge < -0.3 is 37.9 Å². The zero-order valence-corrected chi connectivity index (χ0v) is 36.1. The van der Waals surface area contributed by atoms with E-state index in [9.17, 15) is 28.8 Å². The van der Waals surface area contributed by atoms with E-state index in [1.54, 1.807) is 48.5 Å². The third kappa shape index (κ3) is 14.5. The van der Waals surface area contributed by atoms with Gasteiger partial charge >= 0.3 is 23.9 Å². The lowest BCUT2D eigenvalue weighted by atomic mass is 10.1. The molecule has 1 heterocycles. The van der Waals surface area contributed by atoms with Crippen LogP contribution in [-0.2, 0) is 47.6 Å². The fourth-order valence-corrected chi connectivity index (χ4v) is 6.69. The van der Waals surface area contributed by atoms with E-state index >= 15 is 0 Å². The molecule has 0 radical (unpaired) electrons. The Kier molecular flexibility index (Phi) is 19.3. The van der Waals surface area contributed by atoms with Gasteiger partial charge in [0, 0.05) is 25.9 Å². The highest BCUT2D eigenvalue weighted by Gasteiger charge is 2.53. The molecule has 4 aromatic carbocycles. The van der Waals surface area contributed by atoms with E-state index in [1.807, 2.05) is 12.1 Å². The first-order chi connectivity index (χ1) is 31.1. The van der Waals surface area contributed by atoms with Crippen LogP contribution >= 0.6 is 0 Å². The van der Waals surface area contributed by atoms with E-state index in [0.717, 1.165) is 79.2 Å². The minimum Gasteiger partial charge on any atom is -0.494 e. The summed E-state index contributed by atoms with van der Waals surface area (Å²) in [5.41, 5.74) is 0.224. The number of benzene rings is 4. The Morgan fingerprint density at radius 3 is 1.39 bits per heavy atom. The van der Waals surface area contributed by atoms with E-state index in [0.29, 0.717) is 61.7 Å². The Balaban J connectivity index is 1.18. The fraction of sp³-hybridized carbons (Fsp3) is 0.388. The zero-order chi connectivity index (χ0) is 45.7. The van der Waals surface area contributed by atoms with Gasteiger partial charge in [0.2, 0.25) is 12.2 Å². The summed E-state index contributed by atoms with van der Waals surface area (Å²) in [5, 5.41) is 2.99. The summed E-state index contributed by atoms with van der Waals surface area (Å²) in [6.07, 6.45) is 5.99. The van der Waals surface area contributed by atoms with Gasteiger partial charge in [0.25, 0.3) is 11.8 Å². The Morgan fingerprint density at radius 1 is 0.531 bits per heavy atom. The molecule has 0 N–H and O–H groups in total. The second-order valence-electron chi connectivity index (χ2n) is 14.9. The molecule has 15 heteroatoms. The topological polar surface area (TPSA) is 180 Å². The van der Waals surface area contributed by atoms with Crippen LogP contribution in [0.5, 0.6) is 11.5 Å². The number of rotatable bonds is 28. The quantitative estimate of drug-likeness (QED) is 0.0180. The first-order valence-corrected chi connectivity index (χ1v) is 21.4. The molecule has 0 spiro atoms. The van der Waals surface area contributed by atoms with Crippen LogP contribution in [-0.4, -0.2) is 106 Å². The number of nitrogens with zero attached hydrogens (tertiary/aromatic N) is 1. The predicted octanol–water partition coefficient (Wildman–Crippen LogP) is 7.46. The summed E-state index contributed by atoms with van der Waals surface area (Å²) in [6.45, 7) is 8.60. The fourth-order valence-electron chi connectivity index (χ4n) is 6.69. The Labute approximate surface area is 372 Å². The molecule has 1 aliphatic heterocycles. The van der Waals surface area contributed by atoms with Crippen LogP contribution in [0.15, 0.2) is 98.1 Å². The average molecular weight is 882 g/mol.